The zero-order valence-corrected chi connectivity index (χ0v) is 12.1. The molecule has 0 saturated carbocycles. The molecule has 0 bridgehead atoms. The number of aliphatic hydroxyl groups is 1. The fourth-order valence-corrected chi connectivity index (χ4v) is 1.95. The molecule has 0 amide bonds. The summed E-state index contributed by atoms with van der Waals surface area (Å²) in [7, 11) is 0. The Labute approximate surface area is 115 Å². The number of hydrogen-bond donors (Lipinski definition) is 2. The van der Waals surface area contributed by atoms with Crippen molar-refractivity contribution in [1.82, 2.24) is 0 Å². The molecule has 19 heavy (non-hydrogen) atoms. The number of aliphatic hydroxyl groups excluding tert-OH is 1. The van der Waals surface area contributed by atoms with E-state index in [2.05, 4.69) is 0 Å². The Balaban J connectivity index is 3.19. The van der Waals surface area contributed by atoms with Crippen LogP contribution in [0.15, 0.2) is 42.2 Å². The summed E-state index contributed by atoms with van der Waals surface area (Å²) in [6, 6.07) is 3.96. The van der Waals surface area contributed by atoms with Gasteiger partial charge in [-0.25, -0.2) is 0 Å². The Hall–Kier alpha value is -1.96. The van der Waals surface area contributed by atoms with E-state index in [9.17, 15) is 10.2 Å². The quantitative estimate of drug-likeness (QED) is 0.608. The van der Waals surface area contributed by atoms with E-state index in [4.69, 9.17) is 0 Å². The van der Waals surface area contributed by atoms with Crippen LogP contribution in [0.25, 0.3) is 5.57 Å². The summed E-state index contributed by atoms with van der Waals surface area (Å²) >= 11 is 0. The van der Waals surface area contributed by atoms with E-state index in [1.54, 1.807) is 18.2 Å². The molecule has 1 aromatic carbocycles. The first-order valence-electron chi connectivity index (χ1n) is 6.52. The van der Waals surface area contributed by atoms with Gasteiger partial charge < -0.3 is 10.2 Å². The summed E-state index contributed by atoms with van der Waals surface area (Å²) in [5.41, 5.74) is 3.82. The van der Waals surface area contributed by atoms with Gasteiger partial charge in [0, 0.05) is 5.56 Å². The molecule has 102 valence electrons. The second kappa shape index (κ2) is 6.83. The van der Waals surface area contributed by atoms with Gasteiger partial charge in [-0.05, 0) is 62.1 Å². The molecule has 0 saturated heterocycles. The van der Waals surface area contributed by atoms with Crippen molar-refractivity contribution in [3.63, 3.8) is 0 Å². The summed E-state index contributed by atoms with van der Waals surface area (Å²) in [5.74, 6) is 0.533. The summed E-state index contributed by atoms with van der Waals surface area (Å²) < 4.78 is 0. The average Bonchev–Trinajstić information content (AvgIpc) is 2.38. The van der Waals surface area contributed by atoms with Crippen LogP contribution in [0.3, 0.4) is 0 Å². The Bertz CT molecular complexity index is 534. The molecule has 2 nitrogen and oxygen atoms in total. The molecule has 0 spiro atoms. The van der Waals surface area contributed by atoms with Crippen molar-refractivity contribution in [3.05, 3.63) is 58.9 Å². The molecule has 0 radical (unpaired) electrons. The Morgan fingerprint density at radius 2 is 1.95 bits per heavy atom. The molecule has 0 unspecified atom stereocenters. The second-order valence-electron chi connectivity index (χ2n) is 4.61. The largest absolute Gasteiger partial charge is 0.508 e. The maximum absolute atomic E-state index is 10.2. The lowest BCUT2D eigenvalue weighted by Crippen LogP contribution is -1.90. The van der Waals surface area contributed by atoms with E-state index in [0.29, 0.717) is 5.75 Å². The van der Waals surface area contributed by atoms with Crippen LogP contribution in [-0.4, -0.2) is 10.2 Å². The number of benzene rings is 1. The Kier molecular flexibility index (Phi) is 5.43. The lowest BCUT2D eigenvalue weighted by Gasteiger charge is -2.10. The van der Waals surface area contributed by atoms with Crippen molar-refractivity contribution in [2.75, 3.05) is 0 Å². The van der Waals surface area contributed by atoms with Gasteiger partial charge in [-0.15, -0.1) is 0 Å². The lowest BCUT2D eigenvalue weighted by atomic mass is 9.98. The minimum absolute atomic E-state index is 0.199. The number of allylic oxidation sites excluding steroid dienone is 5. The third kappa shape index (κ3) is 4.02. The highest BCUT2D eigenvalue weighted by Gasteiger charge is 2.08. The maximum atomic E-state index is 10.2. The maximum Gasteiger partial charge on any atom is 0.126 e. The third-order valence-corrected chi connectivity index (χ3v) is 2.98. The van der Waals surface area contributed by atoms with E-state index < -0.39 is 0 Å². The smallest absolute Gasteiger partial charge is 0.126 e. The van der Waals surface area contributed by atoms with Gasteiger partial charge in [-0.3, -0.25) is 0 Å². The van der Waals surface area contributed by atoms with E-state index in [-0.39, 0.29) is 5.76 Å². The molecule has 0 aromatic heterocycles. The van der Waals surface area contributed by atoms with Crippen LogP contribution in [0.4, 0.5) is 0 Å². The minimum atomic E-state index is 0.199. The predicted octanol–water partition coefficient (Wildman–Crippen LogP) is 4.68. The molecule has 0 aliphatic heterocycles. The second-order valence-corrected chi connectivity index (χ2v) is 4.61. The highest BCUT2D eigenvalue weighted by molar-refractivity contribution is 5.72. The zero-order valence-electron chi connectivity index (χ0n) is 12.1. The van der Waals surface area contributed by atoms with Crippen LogP contribution in [0.5, 0.6) is 5.75 Å². The molecule has 0 fully saturated rings. The molecular weight excluding hydrogens is 236 g/mol. The SMILES string of the molecule is C\C=C/C(O)=C\C=C(/C)c1cc(C)cc(CC)c1O. The first-order valence-corrected chi connectivity index (χ1v) is 6.52. The average molecular weight is 258 g/mol. The lowest BCUT2D eigenvalue weighted by molar-refractivity contribution is 0.432. The molecule has 2 heteroatoms. The Morgan fingerprint density at radius 1 is 1.26 bits per heavy atom. The van der Waals surface area contributed by atoms with Crippen molar-refractivity contribution in [2.24, 2.45) is 0 Å². The first-order chi connectivity index (χ1) is 8.99. The number of phenolic OH excluding ortho intramolecular Hbond substituents is 1. The fourth-order valence-electron chi connectivity index (χ4n) is 1.95. The third-order valence-electron chi connectivity index (χ3n) is 2.98. The summed E-state index contributed by atoms with van der Waals surface area (Å²) in [5, 5.41) is 19.8. The molecule has 0 atom stereocenters. The fraction of sp³-hybridized carbons (Fsp3) is 0.294. The van der Waals surface area contributed by atoms with E-state index in [0.717, 1.165) is 28.7 Å². The molecule has 0 aliphatic carbocycles. The van der Waals surface area contributed by atoms with Gasteiger partial charge in [-0.2, -0.15) is 0 Å². The summed E-state index contributed by atoms with van der Waals surface area (Å²) in [6.45, 7) is 7.81. The van der Waals surface area contributed by atoms with Gasteiger partial charge >= 0.3 is 0 Å². The van der Waals surface area contributed by atoms with Gasteiger partial charge in [0.2, 0.25) is 0 Å². The minimum Gasteiger partial charge on any atom is -0.508 e. The molecule has 1 rings (SSSR count). The number of rotatable bonds is 4. The van der Waals surface area contributed by atoms with Crippen LogP contribution in [0.2, 0.25) is 0 Å². The zero-order chi connectivity index (χ0) is 14.4. The van der Waals surface area contributed by atoms with Crippen LogP contribution in [-0.2, 0) is 6.42 Å². The van der Waals surface area contributed by atoms with Gasteiger partial charge in [0.15, 0.2) is 0 Å². The first kappa shape index (κ1) is 15.1. The van der Waals surface area contributed by atoms with Crippen molar-refractivity contribution < 1.29 is 10.2 Å². The van der Waals surface area contributed by atoms with E-state index >= 15 is 0 Å². The predicted molar refractivity (Wildman–Crippen MR) is 81.4 cm³/mol. The number of aryl methyl sites for hydroxylation is 2. The van der Waals surface area contributed by atoms with Crippen LogP contribution in [0.1, 0.15) is 37.5 Å². The monoisotopic (exact) mass is 258 g/mol. The van der Waals surface area contributed by atoms with Gasteiger partial charge in [-0.1, -0.05) is 25.1 Å². The van der Waals surface area contributed by atoms with Crippen molar-refractivity contribution >= 4 is 5.57 Å². The van der Waals surface area contributed by atoms with Crippen LogP contribution >= 0.6 is 0 Å². The van der Waals surface area contributed by atoms with E-state index in [1.807, 2.05) is 45.9 Å². The molecular formula is C17H22O2. The van der Waals surface area contributed by atoms with Crippen molar-refractivity contribution in [3.8, 4) is 5.75 Å². The standard InChI is InChI=1S/C17H22O2/c1-5-7-15(18)9-8-13(4)16-11-12(3)10-14(6-2)17(16)19/h5,7-11,18-19H,6H2,1-4H3/b7-5-,13-8+,15-9+. The number of aromatic hydroxyl groups is 1. The summed E-state index contributed by atoms with van der Waals surface area (Å²) in [4.78, 5) is 0. The molecule has 2 N–H and O–H groups in total. The topological polar surface area (TPSA) is 40.5 Å². The van der Waals surface area contributed by atoms with E-state index in [1.165, 1.54) is 0 Å². The Morgan fingerprint density at radius 3 is 2.53 bits per heavy atom. The highest BCUT2D eigenvalue weighted by Crippen LogP contribution is 2.30. The van der Waals surface area contributed by atoms with Crippen LogP contribution in [0, 0.1) is 6.92 Å². The number of phenols is 1. The molecule has 0 heterocycles. The van der Waals surface area contributed by atoms with Crippen LogP contribution < -0.4 is 0 Å². The molecule has 1 aromatic rings. The van der Waals surface area contributed by atoms with Crippen molar-refractivity contribution in [2.45, 2.75) is 34.1 Å². The summed E-state index contributed by atoms with van der Waals surface area (Å²) in [6.07, 6.45) is 7.63. The van der Waals surface area contributed by atoms with Gasteiger partial charge in [0.25, 0.3) is 0 Å². The number of hydrogen-bond acceptors (Lipinski definition) is 2. The normalized spacial score (nSPS) is 13.3. The van der Waals surface area contributed by atoms with Crippen molar-refractivity contribution in [1.29, 1.82) is 0 Å². The van der Waals surface area contributed by atoms with Gasteiger partial charge in [0.05, 0.1) is 0 Å². The highest BCUT2D eigenvalue weighted by atomic mass is 16.3. The molecule has 0 aliphatic rings. The van der Waals surface area contributed by atoms with Gasteiger partial charge in [0.1, 0.15) is 11.5 Å².